The average molecular weight is 292 g/mol. The van der Waals surface area contributed by atoms with Crippen LogP contribution in [0.3, 0.4) is 0 Å². The SMILES string of the molecule is CCNCc1nn(-c2cc(Cl)ccc2C)c(C)cc1=O. The van der Waals surface area contributed by atoms with Crippen LogP contribution in [0.4, 0.5) is 0 Å². The first kappa shape index (κ1) is 14.8. The molecular formula is C15H18ClN3O. The molecule has 0 saturated heterocycles. The fraction of sp³-hybridized carbons (Fsp3) is 0.333. The summed E-state index contributed by atoms with van der Waals surface area (Å²) in [5, 5.41) is 8.24. The van der Waals surface area contributed by atoms with Crippen LogP contribution in [0.25, 0.3) is 5.69 Å². The summed E-state index contributed by atoms with van der Waals surface area (Å²) in [6.45, 7) is 7.12. The van der Waals surface area contributed by atoms with Crippen molar-refractivity contribution in [2.45, 2.75) is 27.3 Å². The Morgan fingerprint density at radius 3 is 2.75 bits per heavy atom. The molecule has 5 heteroatoms. The maximum atomic E-state index is 11.9. The Balaban J connectivity index is 2.55. The second kappa shape index (κ2) is 6.20. The van der Waals surface area contributed by atoms with Crippen molar-refractivity contribution in [3.05, 3.63) is 56.5 Å². The van der Waals surface area contributed by atoms with Crippen molar-refractivity contribution in [3.63, 3.8) is 0 Å². The van der Waals surface area contributed by atoms with Crippen LogP contribution >= 0.6 is 11.6 Å². The van der Waals surface area contributed by atoms with Gasteiger partial charge in [0.25, 0.3) is 0 Å². The molecule has 1 aromatic carbocycles. The van der Waals surface area contributed by atoms with Gasteiger partial charge >= 0.3 is 0 Å². The van der Waals surface area contributed by atoms with E-state index in [1.54, 1.807) is 10.7 Å². The van der Waals surface area contributed by atoms with Crippen molar-refractivity contribution in [2.75, 3.05) is 6.54 Å². The summed E-state index contributed by atoms with van der Waals surface area (Å²) in [4.78, 5) is 11.9. The smallest absolute Gasteiger partial charge is 0.204 e. The third-order valence-corrected chi connectivity index (χ3v) is 3.36. The molecule has 2 aromatic rings. The molecular weight excluding hydrogens is 274 g/mol. The first-order valence-electron chi connectivity index (χ1n) is 6.60. The fourth-order valence-electron chi connectivity index (χ4n) is 2.00. The number of hydrogen-bond acceptors (Lipinski definition) is 3. The zero-order valence-corrected chi connectivity index (χ0v) is 12.7. The van der Waals surface area contributed by atoms with E-state index >= 15 is 0 Å². The number of rotatable bonds is 4. The van der Waals surface area contributed by atoms with E-state index in [1.807, 2.05) is 39.0 Å². The average Bonchev–Trinajstić information content (AvgIpc) is 2.41. The van der Waals surface area contributed by atoms with Gasteiger partial charge in [0, 0.05) is 23.3 Å². The van der Waals surface area contributed by atoms with Crippen molar-refractivity contribution in [1.29, 1.82) is 0 Å². The van der Waals surface area contributed by atoms with Crippen LogP contribution < -0.4 is 10.7 Å². The Morgan fingerprint density at radius 1 is 1.30 bits per heavy atom. The van der Waals surface area contributed by atoms with E-state index in [2.05, 4.69) is 10.4 Å². The van der Waals surface area contributed by atoms with Gasteiger partial charge in [0.15, 0.2) is 0 Å². The third-order valence-electron chi connectivity index (χ3n) is 3.12. The minimum absolute atomic E-state index is 0.0422. The van der Waals surface area contributed by atoms with E-state index in [9.17, 15) is 4.79 Å². The summed E-state index contributed by atoms with van der Waals surface area (Å²) in [7, 11) is 0. The number of aryl methyl sites for hydroxylation is 2. The highest BCUT2D eigenvalue weighted by atomic mass is 35.5. The van der Waals surface area contributed by atoms with Crippen molar-refractivity contribution in [1.82, 2.24) is 15.1 Å². The number of benzene rings is 1. The summed E-state index contributed by atoms with van der Waals surface area (Å²) in [5.41, 5.74) is 3.22. The number of aromatic nitrogens is 2. The van der Waals surface area contributed by atoms with E-state index in [4.69, 9.17) is 11.6 Å². The van der Waals surface area contributed by atoms with Crippen LogP contribution in [0.15, 0.2) is 29.1 Å². The molecule has 1 N–H and O–H groups in total. The lowest BCUT2D eigenvalue weighted by molar-refractivity contribution is 0.665. The van der Waals surface area contributed by atoms with Gasteiger partial charge < -0.3 is 5.32 Å². The maximum absolute atomic E-state index is 11.9. The highest BCUT2D eigenvalue weighted by molar-refractivity contribution is 6.30. The summed E-state index contributed by atoms with van der Waals surface area (Å²) < 4.78 is 1.77. The number of nitrogens with zero attached hydrogens (tertiary/aromatic N) is 2. The highest BCUT2D eigenvalue weighted by Gasteiger charge is 2.09. The van der Waals surface area contributed by atoms with Gasteiger partial charge in [0.2, 0.25) is 5.43 Å². The minimum atomic E-state index is -0.0422. The van der Waals surface area contributed by atoms with Gasteiger partial charge in [-0.25, -0.2) is 4.68 Å². The highest BCUT2D eigenvalue weighted by Crippen LogP contribution is 2.19. The molecule has 0 unspecified atom stereocenters. The normalized spacial score (nSPS) is 10.8. The molecule has 0 spiro atoms. The number of hydrogen-bond donors (Lipinski definition) is 1. The van der Waals surface area contributed by atoms with E-state index < -0.39 is 0 Å². The Labute approximate surface area is 123 Å². The quantitative estimate of drug-likeness (QED) is 0.942. The monoisotopic (exact) mass is 291 g/mol. The molecule has 0 aliphatic heterocycles. The van der Waals surface area contributed by atoms with Crippen molar-refractivity contribution >= 4 is 11.6 Å². The molecule has 2 rings (SSSR count). The Morgan fingerprint density at radius 2 is 2.05 bits per heavy atom. The van der Waals surface area contributed by atoms with Crippen LogP contribution in [0.5, 0.6) is 0 Å². The molecule has 1 aromatic heterocycles. The summed E-state index contributed by atoms with van der Waals surface area (Å²) >= 11 is 6.06. The lowest BCUT2D eigenvalue weighted by Gasteiger charge is -2.14. The van der Waals surface area contributed by atoms with Crippen LogP contribution in [-0.4, -0.2) is 16.3 Å². The van der Waals surface area contributed by atoms with E-state index in [1.165, 1.54) is 0 Å². The van der Waals surface area contributed by atoms with Gasteiger partial charge in [-0.15, -0.1) is 0 Å². The molecule has 1 heterocycles. The zero-order valence-electron chi connectivity index (χ0n) is 11.9. The molecule has 20 heavy (non-hydrogen) atoms. The molecule has 0 saturated carbocycles. The molecule has 0 atom stereocenters. The standard InChI is InChI=1S/C15H18ClN3O/c1-4-17-9-13-15(20)7-11(3)19(18-13)14-8-12(16)6-5-10(14)2/h5-8,17H,4,9H2,1-3H3. The third kappa shape index (κ3) is 3.08. The van der Waals surface area contributed by atoms with Crippen LogP contribution in [-0.2, 0) is 6.54 Å². The van der Waals surface area contributed by atoms with Crippen molar-refractivity contribution in [2.24, 2.45) is 0 Å². The summed E-state index contributed by atoms with van der Waals surface area (Å²) in [5.74, 6) is 0. The second-order valence-corrected chi connectivity index (χ2v) is 5.16. The maximum Gasteiger partial charge on any atom is 0.204 e. The lowest BCUT2D eigenvalue weighted by Crippen LogP contribution is -2.24. The number of halogens is 1. The van der Waals surface area contributed by atoms with E-state index in [-0.39, 0.29) is 5.43 Å². The molecule has 4 nitrogen and oxygen atoms in total. The van der Waals surface area contributed by atoms with Gasteiger partial charge in [-0.1, -0.05) is 24.6 Å². The second-order valence-electron chi connectivity index (χ2n) is 4.72. The fourth-order valence-corrected chi connectivity index (χ4v) is 2.17. The number of nitrogens with one attached hydrogen (secondary N) is 1. The molecule has 0 fully saturated rings. The van der Waals surface area contributed by atoms with Crippen LogP contribution in [0.2, 0.25) is 5.02 Å². The predicted molar refractivity (Wildman–Crippen MR) is 81.7 cm³/mol. The van der Waals surface area contributed by atoms with Crippen molar-refractivity contribution < 1.29 is 0 Å². The van der Waals surface area contributed by atoms with Crippen LogP contribution in [0, 0.1) is 13.8 Å². The minimum Gasteiger partial charge on any atom is -0.311 e. The Kier molecular flexibility index (Phi) is 4.57. The van der Waals surface area contributed by atoms with Gasteiger partial charge in [-0.05, 0) is 38.1 Å². The lowest BCUT2D eigenvalue weighted by atomic mass is 10.2. The zero-order chi connectivity index (χ0) is 14.7. The first-order chi connectivity index (χ1) is 9.52. The molecule has 0 radical (unpaired) electrons. The van der Waals surface area contributed by atoms with Gasteiger partial charge in [-0.3, -0.25) is 4.79 Å². The Hall–Kier alpha value is -1.65. The summed E-state index contributed by atoms with van der Waals surface area (Å²) in [6.07, 6.45) is 0. The predicted octanol–water partition coefficient (Wildman–Crippen LogP) is 2.61. The Bertz CT molecular complexity index is 679. The van der Waals surface area contributed by atoms with Crippen LogP contribution in [0.1, 0.15) is 23.9 Å². The van der Waals surface area contributed by atoms with Crippen molar-refractivity contribution in [3.8, 4) is 5.69 Å². The van der Waals surface area contributed by atoms with Gasteiger partial charge in [-0.2, -0.15) is 5.10 Å². The first-order valence-corrected chi connectivity index (χ1v) is 6.98. The largest absolute Gasteiger partial charge is 0.311 e. The topological polar surface area (TPSA) is 46.9 Å². The molecule has 0 bridgehead atoms. The molecule has 0 amide bonds. The molecule has 0 aliphatic carbocycles. The molecule has 0 aliphatic rings. The summed E-state index contributed by atoms with van der Waals surface area (Å²) in [6, 6.07) is 7.26. The van der Waals surface area contributed by atoms with Gasteiger partial charge in [0.1, 0.15) is 5.69 Å². The van der Waals surface area contributed by atoms with E-state index in [0.717, 1.165) is 23.5 Å². The van der Waals surface area contributed by atoms with Gasteiger partial charge in [0.05, 0.1) is 5.69 Å². The molecule has 106 valence electrons. The van der Waals surface area contributed by atoms with E-state index in [0.29, 0.717) is 17.3 Å².